The summed E-state index contributed by atoms with van der Waals surface area (Å²) in [5.41, 5.74) is 0. The van der Waals surface area contributed by atoms with Crippen LogP contribution in [0.5, 0.6) is 0 Å². The lowest BCUT2D eigenvalue weighted by molar-refractivity contribution is -0.00100. The molecule has 4 aromatic carbocycles. The van der Waals surface area contributed by atoms with Gasteiger partial charge in [0, 0.05) is 12.1 Å². The van der Waals surface area contributed by atoms with Crippen molar-refractivity contribution in [2.45, 2.75) is 39.8 Å². The lowest BCUT2D eigenvalue weighted by Gasteiger charge is -2.36. The Morgan fingerprint density at radius 3 is 0.838 bits per heavy atom. The van der Waals surface area contributed by atoms with Gasteiger partial charge in [0.25, 0.3) is 0 Å². The third-order valence-electron chi connectivity index (χ3n) is 6.17. The Labute approximate surface area is 246 Å². The Bertz CT molecular complexity index is 1000. The zero-order valence-corrected chi connectivity index (χ0v) is 27.0. The van der Waals surface area contributed by atoms with Crippen LogP contribution in [0.2, 0.25) is 0 Å². The van der Waals surface area contributed by atoms with E-state index in [1.54, 1.807) is 0 Å². The fourth-order valence-corrected chi connectivity index (χ4v) is 16.4. The van der Waals surface area contributed by atoms with Crippen molar-refractivity contribution in [1.29, 1.82) is 0 Å². The van der Waals surface area contributed by atoms with E-state index < -0.39 is 14.8 Å². The van der Waals surface area contributed by atoms with Crippen LogP contribution in [0.1, 0.15) is 27.7 Å². The molecule has 0 saturated carbocycles. The minimum atomic E-state index is -2.03. The number of hydrogen-bond donors (Lipinski definition) is 2. The molecule has 0 atom stereocenters. The predicted octanol–water partition coefficient (Wildman–Crippen LogP) is 0.115. The van der Waals surface area contributed by atoms with E-state index in [1.165, 1.54) is 21.2 Å². The summed E-state index contributed by atoms with van der Waals surface area (Å²) in [5.74, 6) is 1.03. The molecule has 0 aliphatic rings. The number of benzene rings is 4. The van der Waals surface area contributed by atoms with Gasteiger partial charge in [-0.2, -0.15) is 10.2 Å². The first kappa shape index (κ1) is 31.8. The average molecular weight is 660 g/mol. The van der Waals surface area contributed by atoms with Gasteiger partial charge in [-0.3, -0.25) is 0 Å². The van der Waals surface area contributed by atoms with Crippen molar-refractivity contribution in [3.63, 3.8) is 0 Å². The smallest absolute Gasteiger partial charge is 0.210 e. The van der Waals surface area contributed by atoms with E-state index in [1.807, 2.05) is 0 Å². The SMILES string of the molecule is CC(C)N[P+](C[P+](NC(C)C)(c1ccccc1)c1ccccc1)(c1ccccc1)c1ccccc1.[Br-].[Br-]. The molecule has 37 heavy (non-hydrogen) atoms. The highest BCUT2D eigenvalue weighted by atomic mass is 79.9. The van der Waals surface area contributed by atoms with Gasteiger partial charge < -0.3 is 34.0 Å². The fraction of sp³-hybridized carbons (Fsp3) is 0.226. The van der Waals surface area contributed by atoms with Crippen LogP contribution in [0.4, 0.5) is 0 Å². The van der Waals surface area contributed by atoms with Crippen molar-refractivity contribution in [2.24, 2.45) is 0 Å². The normalized spacial score (nSPS) is 11.6. The minimum absolute atomic E-state index is 0. The minimum Gasteiger partial charge on any atom is -1.00 e. The van der Waals surface area contributed by atoms with E-state index >= 15 is 0 Å². The molecule has 0 aromatic heterocycles. The molecule has 0 saturated heterocycles. The largest absolute Gasteiger partial charge is 1.00 e. The molecule has 0 aliphatic carbocycles. The zero-order chi connectivity index (χ0) is 24.7. The van der Waals surface area contributed by atoms with E-state index in [-0.39, 0.29) is 34.0 Å². The highest BCUT2D eigenvalue weighted by molar-refractivity contribution is 8.02. The molecule has 0 unspecified atom stereocenters. The average Bonchev–Trinajstić information content (AvgIpc) is 2.89. The monoisotopic (exact) mass is 658 g/mol. The van der Waals surface area contributed by atoms with Gasteiger partial charge in [-0.25, -0.2) is 0 Å². The fourth-order valence-electron chi connectivity index (χ4n) is 4.93. The summed E-state index contributed by atoms with van der Waals surface area (Å²) in [6.07, 6.45) is 0. The topological polar surface area (TPSA) is 24.1 Å². The number of hydrogen-bond acceptors (Lipinski definition) is 2. The lowest BCUT2D eigenvalue weighted by atomic mass is 10.4. The van der Waals surface area contributed by atoms with Crippen LogP contribution in [-0.4, -0.2) is 18.0 Å². The van der Waals surface area contributed by atoms with E-state index in [2.05, 4.69) is 159 Å². The van der Waals surface area contributed by atoms with Crippen LogP contribution in [0.25, 0.3) is 0 Å². The maximum atomic E-state index is 4.19. The van der Waals surface area contributed by atoms with Crippen molar-refractivity contribution in [1.82, 2.24) is 10.2 Å². The van der Waals surface area contributed by atoms with Crippen LogP contribution in [0, 0.1) is 0 Å². The summed E-state index contributed by atoms with van der Waals surface area (Å²) in [4.78, 5) is 0. The quantitative estimate of drug-likeness (QED) is 0.237. The van der Waals surface area contributed by atoms with E-state index in [4.69, 9.17) is 0 Å². The Morgan fingerprint density at radius 1 is 0.432 bits per heavy atom. The van der Waals surface area contributed by atoms with Crippen molar-refractivity contribution < 1.29 is 34.0 Å². The summed E-state index contributed by atoms with van der Waals surface area (Å²) in [7, 11) is -4.06. The maximum Gasteiger partial charge on any atom is 0.210 e. The van der Waals surface area contributed by atoms with Crippen LogP contribution >= 0.6 is 14.8 Å². The second-order valence-corrected chi connectivity index (χ2v) is 16.6. The summed E-state index contributed by atoms with van der Waals surface area (Å²) in [5, 5.41) is 14.0. The maximum absolute atomic E-state index is 4.19. The Kier molecular flexibility index (Phi) is 12.6. The molecule has 0 spiro atoms. The number of rotatable bonds is 10. The summed E-state index contributed by atoms with van der Waals surface area (Å²) < 4.78 is 0. The molecule has 0 amide bonds. The van der Waals surface area contributed by atoms with Crippen molar-refractivity contribution >= 4 is 36.0 Å². The Balaban J connectivity index is 0.00000241. The van der Waals surface area contributed by atoms with E-state index in [9.17, 15) is 0 Å². The molecule has 196 valence electrons. The molecule has 0 radical (unpaired) electrons. The molecule has 0 aliphatic heterocycles. The first-order valence-corrected chi connectivity index (χ1v) is 16.5. The van der Waals surface area contributed by atoms with Crippen molar-refractivity contribution in [3.8, 4) is 0 Å². The lowest BCUT2D eigenvalue weighted by Crippen LogP contribution is -3.00. The summed E-state index contributed by atoms with van der Waals surface area (Å²) in [6, 6.07) is 45.4. The van der Waals surface area contributed by atoms with Crippen LogP contribution in [0.3, 0.4) is 0 Å². The van der Waals surface area contributed by atoms with Crippen LogP contribution < -0.4 is 65.4 Å². The van der Waals surface area contributed by atoms with Gasteiger partial charge in [0.2, 0.25) is 5.90 Å². The van der Waals surface area contributed by atoms with Gasteiger partial charge in [-0.05, 0) is 76.2 Å². The highest BCUT2D eigenvalue weighted by Crippen LogP contribution is 2.68. The third kappa shape index (κ3) is 7.39. The van der Waals surface area contributed by atoms with Crippen LogP contribution in [0.15, 0.2) is 121 Å². The molecule has 0 fully saturated rings. The number of nitrogens with one attached hydrogen (secondary N) is 2. The zero-order valence-electron chi connectivity index (χ0n) is 22.1. The molecular formula is C31H38Br2N2P2. The van der Waals surface area contributed by atoms with Crippen LogP contribution in [-0.2, 0) is 0 Å². The molecular weight excluding hydrogens is 622 g/mol. The molecule has 0 heterocycles. The molecule has 2 nitrogen and oxygen atoms in total. The Hall–Kier alpha value is -1.38. The second kappa shape index (κ2) is 14.7. The molecule has 6 heteroatoms. The van der Waals surface area contributed by atoms with Gasteiger partial charge in [-0.1, -0.05) is 72.8 Å². The first-order valence-electron chi connectivity index (χ1n) is 12.5. The summed E-state index contributed by atoms with van der Waals surface area (Å²) in [6.45, 7) is 9.12. The molecule has 4 rings (SSSR count). The van der Waals surface area contributed by atoms with E-state index in [0.717, 1.165) is 5.90 Å². The molecule has 2 N–H and O–H groups in total. The van der Waals surface area contributed by atoms with Crippen molar-refractivity contribution in [3.05, 3.63) is 121 Å². The second-order valence-electron chi connectivity index (χ2n) is 9.67. The first-order chi connectivity index (χ1) is 17.0. The van der Waals surface area contributed by atoms with Gasteiger partial charge in [-0.15, -0.1) is 0 Å². The van der Waals surface area contributed by atoms with Gasteiger partial charge >= 0.3 is 0 Å². The predicted molar refractivity (Wildman–Crippen MR) is 160 cm³/mol. The van der Waals surface area contributed by atoms with Gasteiger partial charge in [0.1, 0.15) is 21.2 Å². The molecule has 0 bridgehead atoms. The number of halogens is 2. The van der Waals surface area contributed by atoms with Gasteiger partial charge in [0.15, 0.2) is 14.8 Å². The van der Waals surface area contributed by atoms with E-state index in [0.29, 0.717) is 12.1 Å². The summed E-state index contributed by atoms with van der Waals surface area (Å²) >= 11 is 0. The Morgan fingerprint density at radius 2 is 0.649 bits per heavy atom. The third-order valence-corrected chi connectivity index (χ3v) is 16.2. The highest BCUT2D eigenvalue weighted by Gasteiger charge is 2.58. The molecule has 4 aromatic rings. The van der Waals surface area contributed by atoms with Crippen molar-refractivity contribution in [2.75, 3.05) is 5.90 Å². The standard InChI is InChI=1S/C31H38N2P2.2BrH/c1-26(2)32-34(28-17-9-5-10-18-28,29-19-11-6-12-20-29)25-35(33-27(3)4,30-21-13-7-14-22-30)31-23-15-8-16-24-31;;/h5-24,26-27,32-33H,25H2,1-4H3;2*1H/q+2;;/p-2. The van der Waals surface area contributed by atoms with Gasteiger partial charge in [0.05, 0.1) is 0 Å².